The van der Waals surface area contributed by atoms with E-state index in [-0.39, 0.29) is 0 Å². The van der Waals surface area contributed by atoms with Gasteiger partial charge in [-0.15, -0.1) is 0 Å². The van der Waals surface area contributed by atoms with Gasteiger partial charge in [0.2, 0.25) is 0 Å². The molecule has 1 saturated heterocycles. The second-order valence-electron chi connectivity index (χ2n) is 4.81. The summed E-state index contributed by atoms with van der Waals surface area (Å²) in [4.78, 5) is 0. The molecule has 0 radical (unpaired) electrons. The van der Waals surface area contributed by atoms with Gasteiger partial charge in [-0.05, 0) is 68.3 Å². The lowest BCUT2D eigenvalue weighted by Crippen LogP contribution is -2.28. The van der Waals surface area contributed by atoms with E-state index in [9.17, 15) is 0 Å². The molecule has 1 fully saturated rings. The van der Waals surface area contributed by atoms with Gasteiger partial charge in [-0.1, -0.05) is 0 Å². The van der Waals surface area contributed by atoms with E-state index in [0.29, 0.717) is 5.92 Å². The van der Waals surface area contributed by atoms with E-state index in [0.717, 1.165) is 41.0 Å². The predicted molar refractivity (Wildman–Crippen MR) is 83.6 cm³/mol. The van der Waals surface area contributed by atoms with E-state index >= 15 is 0 Å². The van der Waals surface area contributed by atoms with Crippen LogP contribution in [0.1, 0.15) is 18.4 Å². The summed E-state index contributed by atoms with van der Waals surface area (Å²) in [6.45, 7) is 3.69. The molecule has 1 aliphatic heterocycles. The third kappa shape index (κ3) is 4.45. The maximum absolute atomic E-state index is 5.48. The van der Waals surface area contributed by atoms with Gasteiger partial charge in [-0.25, -0.2) is 0 Å². The van der Waals surface area contributed by atoms with Crippen LogP contribution < -0.4 is 10.1 Å². The molecule has 1 aromatic rings. The van der Waals surface area contributed by atoms with E-state index < -0.39 is 0 Å². The van der Waals surface area contributed by atoms with Gasteiger partial charge < -0.3 is 14.8 Å². The van der Waals surface area contributed by atoms with Crippen molar-refractivity contribution < 1.29 is 9.47 Å². The van der Waals surface area contributed by atoms with Gasteiger partial charge in [0.05, 0.1) is 22.7 Å². The average molecular weight is 393 g/mol. The highest BCUT2D eigenvalue weighted by atomic mass is 79.9. The van der Waals surface area contributed by atoms with Crippen LogP contribution in [0.5, 0.6) is 5.75 Å². The Morgan fingerprint density at radius 2 is 2.11 bits per heavy atom. The minimum atomic E-state index is 0.652. The fraction of sp³-hybridized carbons (Fsp3) is 0.571. The molecule has 0 bridgehead atoms. The second kappa shape index (κ2) is 7.62. The van der Waals surface area contributed by atoms with Crippen LogP contribution >= 0.6 is 31.9 Å². The van der Waals surface area contributed by atoms with E-state index in [1.54, 1.807) is 7.11 Å². The van der Waals surface area contributed by atoms with Crippen molar-refractivity contribution in [1.82, 2.24) is 5.32 Å². The van der Waals surface area contributed by atoms with Crippen LogP contribution in [0.4, 0.5) is 0 Å². The van der Waals surface area contributed by atoms with Gasteiger partial charge in [0.1, 0.15) is 5.75 Å². The van der Waals surface area contributed by atoms with Crippen LogP contribution in [0.3, 0.4) is 0 Å². The highest BCUT2D eigenvalue weighted by Gasteiger charge is 2.13. The van der Waals surface area contributed by atoms with Crippen LogP contribution in [0.15, 0.2) is 21.1 Å². The van der Waals surface area contributed by atoms with Crippen molar-refractivity contribution in [1.29, 1.82) is 0 Å². The molecule has 0 aliphatic carbocycles. The van der Waals surface area contributed by atoms with E-state index in [4.69, 9.17) is 9.47 Å². The SMILES string of the molecule is COc1c(Br)cc(CNCC2CCCOC2)cc1Br. The lowest BCUT2D eigenvalue weighted by Gasteiger charge is -2.22. The molecule has 19 heavy (non-hydrogen) atoms. The summed E-state index contributed by atoms with van der Waals surface area (Å²) in [6, 6.07) is 4.18. The zero-order valence-electron chi connectivity index (χ0n) is 11.0. The quantitative estimate of drug-likeness (QED) is 0.827. The van der Waals surface area contributed by atoms with Crippen LogP contribution in [-0.4, -0.2) is 26.9 Å². The summed E-state index contributed by atoms with van der Waals surface area (Å²) in [7, 11) is 1.67. The Morgan fingerprint density at radius 1 is 1.37 bits per heavy atom. The van der Waals surface area contributed by atoms with Crippen molar-refractivity contribution in [3.63, 3.8) is 0 Å². The van der Waals surface area contributed by atoms with E-state index in [2.05, 4.69) is 49.3 Å². The molecule has 5 heteroatoms. The molecule has 1 unspecified atom stereocenters. The first kappa shape index (κ1) is 15.3. The fourth-order valence-corrected chi connectivity index (χ4v) is 3.90. The van der Waals surface area contributed by atoms with Gasteiger partial charge in [0.25, 0.3) is 0 Å². The summed E-state index contributed by atoms with van der Waals surface area (Å²) >= 11 is 7.05. The van der Waals surface area contributed by atoms with Crippen LogP contribution in [-0.2, 0) is 11.3 Å². The number of methoxy groups -OCH3 is 1. The summed E-state index contributed by atoms with van der Waals surface area (Å²) in [6.07, 6.45) is 2.45. The third-order valence-electron chi connectivity index (χ3n) is 3.28. The molecular formula is C14H19Br2NO2. The average Bonchev–Trinajstić information content (AvgIpc) is 2.40. The Bertz CT molecular complexity index is 397. The minimum Gasteiger partial charge on any atom is -0.494 e. The van der Waals surface area contributed by atoms with E-state index in [1.807, 2.05) is 0 Å². The first-order valence-electron chi connectivity index (χ1n) is 6.51. The van der Waals surface area contributed by atoms with Gasteiger partial charge in [0.15, 0.2) is 0 Å². The highest BCUT2D eigenvalue weighted by Crippen LogP contribution is 2.34. The Balaban J connectivity index is 1.85. The number of halogens is 2. The van der Waals surface area contributed by atoms with Crippen molar-refractivity contribution in [3.8, 4) is 5.75 Å². The highest BCUT2D eigenvalue weighted by molar-refractivity contribution is 9.11. The van der Waals surface area contributed by atoms with Gasteiger partial charge in [-0.2, -0.15) is 0 Å². The molecule has 1 N–H and O–H groups in total. The Hall–Kier alpha value is -0.100. The summed E-state index contributed by atoms with van der Waals surface area (Å²) in [5, 5.41) is 3.50. The summed E-state index contributed by atoms with van der Waals surface area (Å²) < 4.78 is 12.7. The third-order valence-corrected chi connectivity index (χ3v) is 4.46. The molecular weight excluding hydrogens is 374 g/mol. The zero-order valence-corrected chi connectivity index (χ0v) is 14.2. The molecule has 1 aromatic carbocycles. The number of nitrogens with one attached hydrogen (secondary N) is 1. The Labute approximate surface area is 131 Å². The Morgan fingerprint density at radius 3 is 2.68 bits per heavy atom. The number of hydrogen-bond acceptors (Lipinski definition) is 3. The Kier molecular flexibility index (Phi) is 6.13. The summed E-state index contributed by atoms with van der Waals surface area (Å²) in [5.41, 5.74) is 1.23. The molecule has 0 saturated carbocycles. The number of ether oxygens (including phenoxy) is 2. The van der Waals surface area contributed by atoms with Gasteiger partial charge in [-0.3, -0.25) is 0 Å². The minimum absolute atomic E-state index is 0.652. The summed E-state index contributed by atoms with van der Waals surface area (Å²) in [5.74, 6) is 1.49. The maximum atomic E-state index is 5.48. The smallest absolute Gasteiger partial charge is 0.147 e. The standard InChI is InChI=1S/C14H19Br2NO2/c1-18-14-12(15)5-11(6-13(14)16)8-17-7-10-3-2-4-19-9-10/h5-6,10,17H,2-4,7-9H2,1H3. The van der Waals surface area contributed by atoms with Crippen molar-refractivity contribution >= 4 is 31.9 Å². The van der Waals surface area contributed by atoms with Crippen molar-refractivity contribution in [2.45, 2.75) is 19.4 Å². The van der Waals surface area contributed by atoms with Gasteiger partial charge >= 0.3 is 0 Å². The molecule has 2 rings (SSSR count). The van der Waals surface area contributed by atoms with Crippen molar-refractivity contribution in [3.05, 3.63) is 26.6 Å². The largest absolute Gasteiger partial charge is 0.494 e. The predicted octanol–water partition coefficient (Wildman–Crippen LogP) is 3.74. The lowest BCUT2D eigenvalue weighted by molar-refractivity contribution is 0.0547. The molecule has 0 amide bonds. The molecule has 0 spiro atoms. The first-order valence-corrected chi connectivity index (χ1v) is 8.09. The topological polar surface area (TPSA) is 30.5 Å². The number of rotatable bonds is 5. The number of benzene rings is 1. The molecule has 3 nitrogen and oxygen atoms in total. The van der Waals surface area contributed by atoms with Crippen molar-refractivity contribution in [2.24, 2.45) is 5.92 Å². The lowest BCUT2D eigenvalue weighted by atomic mass is 10.0. The maximum Gasteiger partial charge on any atom is 0.147 e. The normalized spacial score (nSPS) is 19.4. The molecule has 1 aliphatic rings. The van der Waals surface area contributed by atoms with Crippen LogP contribution in [0, 0.1) is 5.92 Å². The molecule has 0 aromatic heterocycles. The monoisotopic (exact) mass is 391 g/mol. The van der Waals surface area contributed by atoms with Crippen LogP contribution in [0.25, 0.3) is 0 Å². The number of hydrogen-bond donors (Lipinski definition) is 1. The first-order chi connectivity index (χ1) is 9.20. The van der Waals surface area contributed by atoms with Crippen LogP contribution in [0.2, 0.25) is 0 Å². The molecule has 1 heterocycles. The van der Waals surface area contributed by atoms with Gasteiger partial charge in [0, 0.05) is 19.7 Å². The van der Waals surface area contributed by atoms with E-state index in [1.165, 1.54) is 18.4 Å². The fourth-order valence-electron chi connectivity index (χ4n) is 2.30. The van der Waals surface area contributed by atoms with Crippen molar-refractivity contribution in [2.75, 3.05) is 26.9 Å². The second-order valence-corrected chi connectivity index (χ2v) is 6.52. The molecule has 1 atom stereocenters. The zero-order chi connectivity index (χ0) is 13.7. The molecule has 106 valence electrons.